The second-order valence-electron chi connectivity index (χ2n) is 18.4. The average Bonchev–Trinajstić information content (AvgIpc) is 3.42. The van der Waals surface area contributed by atoms with Gasteiger partial charge in [-0.1, -0.05) is 127 Å². The van der Waals surface area contributed by atoms with Crippen molar-refractivity contribution in [3.05, 3.63) is 197 Å². The second kappa shape index (κ2) is 25.7. The van der Waals surface area contributed by atoms with Crippen molar-refractivity contribution in [2.75, 3.05) is 35.6 Å². The van der Waals surface area contributed by atoms with Gasteiger partial charge in [0.1, 0.15) is 0 Å². The van der Waals surface area contributed by atoms with Crippen molar-refractivity contribution >= 4 is 52.1 Å². The molecule has 6 rings (SSSR count). The Balaban J connectivity index is 1.31. The van der Waals surface area contributed by atoms with E-state index in [9.17, 15) is 28.8 Å². The molecule has 6 aromatic carbocycles. The number of benzene rings is 6. The number of hydrogen-bond donors (Lipinski definition) is 9. The Morgan fingerprint density at radius 2 is 0.575 bits per heavy atom. The molecule has 6 aromatic rings. The van der Waals surface area contributed by atoms with E-state index < -0.39 is 57.6 Å². The number of nitrogens with one attached hydrogen (secondary N) is 3. The molecule has 0 aliphatic rings. The van der Waals surface area contributed by atoms with Crippen molar-refractivity contribution in [3.63, 3.8) is 0 Å². The summed E-state index contributed by atoms with van der Waals surface area (Å²) >= 11 is 0. The Kier molecular flexibility index (Phi) is 19.3. The van der Waals surface area contributed by atoms with Crippen LogP contribution in [0.25, 0.3) is 0 Å². The van der Waals surface area contributed by atoms with E-state index in [2.05, 4.69) is 16.0 Å². The Morgan fingerprint density at radius 3 is 0.795 bits per heavy atom. The number of carbonyl (C=O) groups excluding carboxylic acids is 6. The predicted octanol–water partition coefficient (Wildman–Crippen LogP) is 6.81. The third-order valence-corrected chi connectivity index (χ3v) is 13.1. The molecule has 0 saturated carbocycles. The van der Waals surface area contributed by atoms with Gasteiger partial charge in [0.15, 0.2) is 34.0 Å². The van der Waals surface area contributed by atoms with Crippen molar-refractivity contribution in [1.82, 2.24) is 0 Å². The summed E-state index contributed by atoms with van der Waals surface area (Å²) in [5.41, 5.74) is 36.3. The van der Waals surface area contributed by atoms with Crippen LogP contribution in [0, 0.1) is 0 Å². The van der Waals surface area contributed by atoms with Crippen molar-refractivity contribution in [2.45, 2.75) is 80.3 Å². The molecule has 0 heterocycles. The number of anilines is 3. The Morgan fingerprint density at radius 1 is 0.342 bits per heavy atom. The number of rotatable bonds is 27. The fraction of sp³-hybridized carbons (Fsp3) is 0.276. The Labute approximate surface area is 426 Å². The molecule has 0 bridgehead atoms. The van der Waals surface area contributed by atoms with E-state index in [1.54, 1.807) is 127 Å². The predicted molar refractivity (Wildman–Crippen MR) is 288 cm³/mol. The van der Waals surface area contributed by atoms with Crippen LogP contribution >= 0.6 is 0 Å². The van der Waals surface area contributed by atoms with Crippen molar-refractivity contribution < 1.29 is 28.8 Å². The normalized spacial score (nSPS) is 13.7. The lowest BCUT2D eigenvalue weighted by Crippen LogP contribution is -2.57. The number of carbonyl (C=O) groups is 6. The van der Waals surface area contributed by atoms with E-state index in [-0.39, 0.29) is 19.3 Å². The van der Waals surface area contributed by atoms with Gasteiger partial charge in [-0.3, -0.25) is 28.8 Å². The SMILES string of the molecule is NCCCC[C@](N)(C(=O)Nc1ccc(C(c2ccc(NC(=O)[C@@](N)(CCCCN)C(=O)c3ccccc3)cc2)c2ccc(NC(=O)[C@@](N)(CCCCN)C(=O)c3ccccc3)cc2)cc1)C(=O)c1ccccc1. The fourth-order valence-corrected chi connectivity index (χ4v) is 8.76. The molecule has 15 nitrogen and oxygen atoms in total. The van der Waals surface area contributed by atoms with E-state index in [1.165, 1.54) is 0 Å². The van der Waals surface area contributed by atoms with Crippen LogP contribution in [0.15, 0.2) is 164 Å². The highest BCUT2D eigenvalue weighted by Crippen LogP contribution is 2.35. The molecule has 15 N–H and O–H groups in total. The molecule has 3 atom stereocenters. The summed E-state index contributed by atoms with van der Waals surface area (Å²) in [6.45, 7) is 1.15. The van der Waals surface area contributed by atoms with E-state index in [4.69, 9.17) is 34.4 Å². The lowest BCUT2D eigenvalue weighted by Gasteiger charge is -2.28. The van der Waals surface area contributed by atoms with Crippen LogP contribution in [0.3, 0.4) is 0 Å². The highest BCUT2D eigenvalue weighted by molar-refractivity contribution is 6.22. The van der Waals surface area contributed by atoms with E-state index in [0.29, 0.717) is 91.9 Å². The number of unbranched alkanes of at least 4 members (excludes halogenated alkanes) is 3. The van der Waals surface area contributed by atoms with Gasteiger partial charge in [0.2, 0.25) is 0 Å². The standard InChI is InChI=1S/C58H67N9O6/c59-37-13-10-34-56(62,50(68)43-16-4-1-5-17-43)53(71)65-46-28-22-40(23-29-46)49(41-24-30-47(31-25-41)66-54(72)57(63,35-11-14-38-60)51(69)44-18-6-2-7-19-44)42-26-32-48(33-27-42)67-55(73)58(64,36-12-15-39-61)52(70)45-20-8-3-9-21-45/h1-9,16-33,49H,10-15,34-39,59-64H2,(H,65,71)(H,66,72)(H,67,73)/t56-,57-,58-/m1/s1. The summed E-state index contributed by atoms with van der Waals surface area (Å²) < 4.78 is 0. The maximum atomic E-state index is 14.0. The average molecular weight is 986 g/mol. The van der Waals surface area contributed by atoms with Crippen LogP contribution in [-0.4, -0.2) is 71.3 Å². The minimum absolute atomic E-state index is 0.0879. The topological polar surface area (TPSA) is 295 Å². The first kappa shape index (κ1) is 54.8. The quantitative estimate of drug-likeness (QED) is 0.0111. The summed E-state index contributed by atoms with van der Waals surface area (Å²) in [7, 11) is 0. The zero-order chi connectivity index (χ0) is 52.4. The summed E-state index contributed by atoms with van der Waals surface area (Å²) in [5, 5.41) is 8.62. The van der Waals surface area contributed by atoms with Crippen molar-refractivity contribution in [2.24, 2.45) is 34.4 Å². The maximum Gasteiger partial charge on any atom is 0.252 e. The molecule has 0 unspecified atom stereocenters. The number of hydrogen-bond acceptors (Lipinski definition) is 12. The smallest absolute Gasteiger partial charge is 0.252 e. The summed E-state index contributed by atoms with van der Waals surface area (Å²) in [6, 6.07) is 46.8. The molecule has 380 valence electrons. The number of ketones is 3. The van der Waals surface area contributed by atoms with Crippen molar-refractivity contribution in [3.8, 4) is 0 Å². The summed E-state index contributed by atoms with van der Waals surface area (Å²) in [6.07, 6.45) is 3.40. The fourth-order valence-electron chi connectivity index (χ4n) is 8.76. The van der Waals surface area contributed by atoms with Crippen LogP contribution in [0.2, 0.25) is 0 Å². The van der Waals surface area contributed by atoms with E-state index >= 15 is 0 Å². The first-order chi connectivity index (χ1) is 35.2. The largest absolute Gasteiger partial charge is 0.330 e. The third kappa shape index (κ3) is 13.5. The molecular formula is C58H67N9O6. The minimum Gasteiger partial charge on any atom is -0.330 e. The zero-order valence-electron chi connectivity index (χ0n) is 41.1. The molecule has 0 fully saturated rings. The molecule has 0 saturated heterocycles. The van der Waals surface area contributed by atoms with Gasteiger partial charge in [-0.15, -0.1) is 0 Å². The third-order valence-electron chi connectivity index (χ3n) is 13.1. The molecule has 0 radical (unpaired) electrons. The molecular weight excluding hydrogens is 919 g/mol. The highest BCUT2D eigenvalue weighted by Gasteiger charge is 2.44. The maximum absolute atomic E-state index is 14.0. The van der Waals surface area contributed by atoms with Crippen molar-refractivity contribution in [1.29, 1.82) is 0 Å². The second-order valence-corrected chi connectivity index (χ2v) is 18.4. The summed E-state index contributed by atoms with van der Waals surface area (Å²) in [4.78, 5) is 83.3. The van der Waals surface area contributed by atoms with Gasteiger partial charge < -0.3 is 50.4 Å². The molecule has 73 heavy (non-hydrogen) atoms. The molecule has 0 aliphatic heterocycles. The van der Waals surface area contributed by atoms with Gasteiger partial charge in [-0.05, 0) is 131 Å². The number of nitrogens with two attached hydrogens (primary N) is 6. The van der Waals surface area contributed by atoms with Crippen LogP contribution in [-0.2, 0) is 14.4 Å². The molecule has 0 aromatic heterocycles. The molecule has 0 spiro atoms. The van der Waals surface area contributed by atoms with E-state index in [1.807, 2.05) is 36.4 Å². The van der Waals surface area contributed by atoms with Crippen LogP contribution in [0.5, 0.6) is 0 Å². The van der Waals surface area contributed by atoms with Crippen LogP contribution < -0.4 is 50.4 Å². The zero-order valence-corrected chi connectivity index (χ0v) is 41.1. The Hall–Kier alpha value is -7.50. The minimum atomic E-state index is -1.86. The van der Waals surface area contributed by atoms with E-state index in [0.717, 1.165) is 16.7 Å². The van der Waals surface area contributed by atoms with Gasteiger partial charge in [-0.25, -0.2) is 0 Å². The highest BCUT2D eigenvalue weighted by atomic mass is 16.2. The first-order valence-electron chi connectivity index (χ1n) is 24.7. The molecule has 0 aliphatic carbocycles. The van der Waals surface area contributed by atoms with Crippen LogP contribution in [0.4, 0.5) is 17.1 Å². The van der Waals surface area contributed by atoms with Gasteiger partial charge in [0, 0.05) is 39.7 Å². The monoisotopic (exact) mass is 986 g/mol. The van der Waals surface area contributed by atoms with Gasteiger partial charge in [0.05, 0.1) is 0 Å². The molecule has 15 heteroatoms. The summed E-state index contributed by atoms with van der Waals surface area (Å²) in [5.74, 6) is -3.94. The molecule has 3 amide bonds. The Bertz CT molecular complexity index is 2490. The van der Waals surface area contributed by atoms with Gasteiger partial charge in [0.25, 0.3) is 17.7 Å². The first-order valence-corrected chi connectivity index (χ1v) is 24.7. The lowest BCUT2D eigenvalue weighted by molar-refractivity contribution is -0.120. The van der Waals surface area contributed by atoms with Crippen LogP contribution in [0.1, 0.15) is 111 Å². The number of amides is 3. The van der Waals surface area contributed by atoms with Gasteiger partial charge >= 0.3 is 0 Å². The van der Waals surface area contributed by atoms with Gasteiger partial charge in [-0.2, -0.15) is 0 Å². The number of Topliss-reactive ketones (excluding diaryl/α,β-unsaturated/α-hetero) is 3. The lowest BCUT2D eigenvalue weighted by atomic mass is 9.83.